The minimum absolute atomic E-state index is 0.0842. The van der Waals surface area contributed by atoms with Gasteiger partial charge in [-0.25, -0.2) is 14.6 Å². The molecule has 0 saturated carbocycles. The molecule has 13 nitrogen and oxygen atoms in total. The number of H-pyrrole nitrogens is 1. The molecule has 4 amide bonds. The number of likely N-dealkylation sites (tertiary alicyclic amines) is 2. The Morgan fingerprint density at radius 2 is 1.26 bits per heavy atom. The van der Waals surface area contributed by atoms with Gasteiger partial charge in [-0.3, -0.25) is 14.6 Å². The van der Waals surface area contributed by atoms with Crippen LogP contribution in [0.25, 0.3) is 28.0 Å². The maximum atomic E-state index is 13.3. The Kier molecular flexibility index (Phi) is 12.5. The zero-order valence-corrected chi connectivity index (χ0v) is 31.6. The van der Waals surface area contributed by atoms with E-state index in [-0.39, 0.29) is 23.9 Å². The van der Waals surface area contributed by atoms with Crippen molar-refractivity contribution in [3.8, 4) is 22.4 Å². The number of ether oxygens (including phenoxy) is 2. The van der Waals surface area contributed by atoms with Gasteiger partial charge in [-0.2, -0.15) is 0 Å². The van der Waals surface area contributed by atoms with Gasteiger partial charge in [0.2, 0.25) is 11.8 Å². The highest BCUT2D eigenvalue weighted by atomic mass is 16.6. The molecule has 4 atom stereocenters. The Balaban J connectivity index is 1.03. The van der Waals surface area contributed by atoms with Gasteiger partial charge in [0.15, 0.2) is 0 Å². The van der Waals surface area contributed by atoms with E-state index in [0.717, 1.165) is 77.2 Å². The number of aromatic nitrogens is 2. The fourth-order valence-electron chi connectivity index (χ4n) is 7.34. The van der Waals surface area contributed by atoms with Crippen LogP contribution in [0.2, 0.25) is 0 Å². The summed E-state index contributed by atoms with van der Waals surface area (Å²) in [6.45, 7) is 9.08. The fraction of sp³-hybridized carbons (Fsp3) is 0.463. The fourth-order valence-corrected chi connectivity index (χ4v) is 7.34. The highest BCUT2D eigenvalue weighted by Gasteiger charge is 2.37. The van der Waals surface area contributed by atoms with E-state index in [0.29, 0.717) is 39.1 Å². The number of rotatable bonds is 13. The number of aromatic amines is 1. The number of hydrogen-bond donors (Lipinski definition) is 3. The molecule has 3 aliphatic rings. The van der Waals surface area contributed by atoms with Gasteiger partial charge in [-0.05, 0) is 80.2 Å². The van der Waals surface area contributed by atoms with Crippen LogP contribution in [0.1, 0.15) is 90.1 Å². The van der Waals surface area contributed by atoms with Crippen molar-refractivity contribution in [2.24, 2.45) is 4.99 Å². The molecule has 0 radical (unpaired) electrons. The zero-order valence-electron chi connectivity index (χ0n) is 31.6. The van der Waals surface area contributed by atoms with Gasteiger partial charge in [0.05, 0.1) is 37.2 Å². The zero-order chi connectivity index (χ0) is 38.2. The second kappa shape index (κ2) is 17.6. The van der Waals surface area contributed by atoms with E-state index in [1.165, 1.54) is 0 Å². The average molecular weight is 738 g/mol. The second-order valence-electron chi connectivity index (χ2n) is 14.2. The number of alkyl carbamates (subject to hydrolysis) is 2. The van der Waals surface area contributed by atoms with Crippen molar-refractivity contribution in [3.05, 3.63) is 72.3 Å². The number of carbonyl (C=O) groups excluding carboxylic acids is 4. The lowest BCUT2D eigenvalue weighted by molar-refractivity contribution is -0.134. The highest BCUT2D eigenvalue weighted by Crippen LogP contribution is 2.34. The third-order valence-corrected chi connectivity index (χ3v) is 10.2. The third-order valence-electron chi connectivity index (χ3n) is 10.2. The third kappa shape index (κ3) is 8.83. The van der Waals surface area contributed by atoms with E-state index in [4.69, 9.17) is 14.5 Å². The lowest BCUT2D eigenvalue weighted by atomic mass is 9.96. The summed E-state index contributed by atoms with van der Waals surface area (Å²) < 4.78 is 10.2. The van der Waals surface area contributed by atoms with Gasteiger partial charge in [0, 0.05) is 31.4 Å². The van der Waals surface area contributed by atoms with Crippen LogP contribution >= 0.6 is 0 Å². The lowest BCUT2D eigenvalue weighted by Crippen LogP contribution is -2.50. The van der Waals surface area contributed by atoms with Crippen LogP contribution in [0.4, 0.5) is 9.59 Å². The Morgan fingerprint density at radius 1 is 0.759 bits per heavy atom. The first-order valence-electron chi connectivity index (χ1n) is 19.2. The number of allylic oxidation sites excluding steroid dienone is 1. The molecular weight excluding hydrogens is 686 g/mol. The molecule has 2 saturated heterocycles. The van der Waals surface area contributed by atoms with E-state index < -0.39 is 24.3 Å². The molecular formula is C41H51N7O6. The number of amides is 4. The minimum Gasteiger partial charge on any atom is -0.450 e. The molecule has 2 fully saturated rings. The van der Waals surface area contributed by atoms with E-state index in [2.05, 4.69) is 69.1 Å². The van der Waals surface area contributed by atoms with Crippen LogP contribution in [0, 0.1) is 0 Å². The van der Waals surface area contributed by atoms with Crippen molar-refractivity contribution in [3.63, 3.8) is 0 Å². The van der Waals surface area contributed by atoms with E-state index >= 15 is 0 Å². The summed E-state index contributed by atoms with van der Waals surface area (Å²) in [5, 5.41) is 5.30. The summed E-state index contributed by atoms with van der Waals surface area (Å²) in [5.41, 5.74) is 7.19. The molecule has 2 aromatic carbocycles. The normalized spacial score (nSPS) is 19.2. The van der Waals surface area contributed by atoms with Crippen LogP contribution < -0.4 is 10.6 Å². The first-order chi connectivity index (χ1) is 26.2. The SMILES string of the molecule is CCCOC(=O)N[C@@H](C)C(=O)N1CCCC1c1ncc(-c2ccc(-c3ccc(C4=CN=C([C@@H]5CCCN5C(=O)[C@H](C)NC(=O)OCCC)C4)cc3)cc2)[nH]1. The van der Waals surface area contributed by atoms with Gasteiger partial charge >= 0.3 is 12.2 Å². The van der Waals surface area contributed by atoms with Gasteiger partial charge in [-0.1, -0.05) is 62.4 Å². The van der Waals surface area contributed by atoms with Crippen molar-refractivity contribution in [1.29, 1.82) is 0 Å². The number of nitrogens with one attached hydrogen (secondary N) is 3. The average Bonchev–Trinajstić information content (AvgIpc) is 4.02. The van der Waals surface area contributed by atoms with Crippen LogP contribution in [0.15, 0.2) is 65.9 Å². The number of nitrogens with zero attached hydrogens (tertiary/aromatic N) is 4. The molecule has 6 rings (SSSR count). The van der Waals surface area contributed by atoms with E-state index in [9.17, 15) is 19.2 Å². The Hall–Kier alpha value is -5.46. The second-order valence-corrected chi connectivity index (χ2v) is 14.2. The maximum Gasteiger partial charge on any atom is 0.407 e. The molecule has 3 N–H and O–H groups in total. The summed E-state index contributed by atoms with van der Waals surface area (Å²) in [7, 11) is 0. The standard InChI is InChI=1S/C41H51N7O6/c1-5-21-53-40(51)44-26(3)38(49)47-19-7-9-35(47)33-23-32(24-42-33)30-13-11-28(12-14-30)29-15-17-31(18-16-29)34-25-43-37(46-34)36-10-8-20-48(36)39(50)27(4)45-41(52)54-22-6-2/h11-18,24-27,35-36H,5-10,19-23H2,1-4H3,(H,43,46)(H,44,51)(H,45,52)/t26-,27-,35-,36?/m0/s1. The summed E-state index contributed by atoms with van der Waals surface area (Å²) in [6, 6.07) is 15.1. The van der Waals surface area contributed by atoms with Crippen molar-refractivity contribution in [2.75, 3.05) is 26.3 Å². The maximum absolute atomic E-state index is 13.3. The highest BCUT2D eigenvalue weighted by molar-refractivity contribution is 6.03. The van der Waals surface area contributed by atoms with Gasteiger partial charge in [0.1, 0.15) is 17.9 Å². The first-order valence-corrected chi connectivity index (χ1v) is 19.2. The number of aliphatic imine (C=N–C) groups is 1. The number of benzene rings is 2. The summed E-state index contributed by atoms with van der Waals surface area (Å²) in [5.74, 6) is 0.452. The van der Waals surface area contributed by atoms with Crippen LogP contribution in [-0.2, 0) is 19.1 Å². The smallest absolute Gasteiger partial charge is 0.407 e. The van der Waals surface area contributed by atoms with Crippen molar-refractivity contribution < 1.29 is 28.7 Å². The first kappa shape index (κ1) is 38.3. The van der Waals surface area contributed by atoms with Crippen molar-refractivity contribution >= 4 is 35.3 Å². The monoisotopic (exact) mass is 737 g/mol. The molecule has 3 aliphatic heterocycles. The summed E-state index contributed by atoms with van der Waals surface area (Å²) in [6.07, 6.45) is 8.05. The molecule has 0 bridgehead atoms. The largest absolute Gasteiger partial charge is 0.450 e. The molecule has 3 aromatic rings. The van der Waals surface area contributed by atoms with E-state index in [1.54, 1.807) is 24.9 Å². The van der Waals surface area contributed by atoms with Crippen LogP contribution in [0.5, 0.6) is 0 Å². The van der Waals surface area contributed by atoms with Crippen molar-refractivity contribution in [1.82, 2.24) is 30.4 Å². The Bertz CT molecular complexity index is 1870. The molecule has 1 aromatic heterocycles. The molecule has 54 heavy (non-hydrogen) atoms. The predicted molar refractivity (Wildman–Crippen MR) is 206 cm³/mol. The molecule has 0 aliphatic carbocycles. The van der Waals surface area contributed by atoms with Gasteiger partial charge in [0.25, 0.3) is 0 Å². The number of imidazole rings is 1. The molecule has 13 heteroatoms. The molecule has 286 valence electrons. The van der Waals surface area contributed by atoms with Gasteiger partial charge in [-0.15, -0.1) is 0 Å². The predicted octanol–water partition coefficient (Wildman–Crippen LogP) is 6.63. The summed E-state index contributed by atoms with van der Waals surface area (Å²) >= 11 is 0. The molecule has 0 spiro atoms. The van der Waals surface area contributed by atoms with Crippen LogP contribution in [0.3, 0.4) is 0 Å². The van der Waals surface area contributed by atoms with Crippen molar-refractivity contribution in [2.45, 2.75) is 96.8 Å². The van der Waals surface area contributed by atoms with Gasteiger partial charge < -0.3 is 34.9 Å². The Labute approximate surface area is 316 Å². The topological polar surface area (TPSA) is 158 Å². The molecule has 4 heterocycles. The Morgan fingerprint density at radius 3 is 1.81 bits per heavy atom. The van der Waals surface area contributed by atoms with E-state index in [1.807, 2.05) is 24.9 Å². The summed E-state index contributed by atoms with van der Waals surface area (Å²) in [4.78, 5) is 67.0. The number of carbonyl (C=O) groups is 4. The number of hydrogen-bond acceptors (Lipinski definition) is 8. The molecule has 1 unspecified atom stereocenters. The minimum atomic E-state index is -0.700. The quantitative estimate of drug-likeness (QED) is 0.178. The van der Waals surface area contributed by atoms with Crippen LogP contribution in [-0.4, -0.2) is 93.9 Å². The lowest BCUT2D eigenvalue weighted by Gasteiger charge is -2.28.